The summed E-state index contributed by atoms with van der Waals surface area (Å²) in [5, 5.41) is 0. The number of nitrogen functional groups attached to an aromatic ring is 1. The topological polar surface area (TPSA) is 51.8 Å². The molecule has 3 nitrogen and oxygen atoms in total. The fourth-order valence-corrected chi connectivity index (χ4v) is 1.65. The Morgan fingerprint density at radius 2 is 2.23 bits per heavy atom. The first kappa shape index (κ1) is 8.23. The number of rotatable bonds is 1. The molecule has 0 saturated heterocycles. The highest BCUT2D eigenvalue weighted by molar-refractivity contribution is 5.71. The van der Waals surface area contributed by atoms with Crippen molar-refractivity contribution in [3.05, 3.63) is 23.5 Å². The zero-order chi connectivity index (χ0) is 9.42. The molecular formula is C10H13N3. The second kappa shape index (κ2) is 2.83. The summed E-state index contributed by atoms with van der Waals surface area (Å²) in [6.07, 6.45) is 4.98. The zero-order valence-electron chi connectivity index (χ0n) is 7.91. The highest BCUT2D eigenvalue weighted by Crippen LogP contribution is 2.30. The highest BCUT2D eigenvalue weighted by atomic mass is 15.0. The van der Waals surface area contributed by atoms with E-state index < -0.39 is 0 Å². The molecule has 0 radical (unpaired) electrons. The van der Waals surface area contributed by atoms with Crippen LogP contribution in [0.1, 0.15) is 25.1 Å². The predicted molar refractivity (Wildman–Crippen MR) is 53.0 cm³/mol. The second-order valence-electron chi connectivity index (χ2n) is 3.62. The minimum Gasteiger partial charge on any atom is -0.368 e. The Morgan fingerprint density at radius 1 is 1.46 bits per heavy atom. The van der Waals surface area contributed by atoms with Crippen molar-refractivity contribution in [2.75, 3.05) is 5.73 Å². The van der Waals surface area contributed by atoms with Gasteiger partial charge in [0.25, 0.3) is 0 Å². The maximum absolute atomic E-state index is 5.54. The number of aromatic nitrogens is 2. The van der Waals surface area contributed by atoms with Gasteiger partial charge in [-0.05, 0) is 17.9 Å². The average Bonchev–Trinajstić information content (AvgIpc) is 2.46. The smallest absolute Gasteiger partial charge is 0.220 e. The predicted octanol–water partition coefficient (Wildman–Crippen LogP) is 1.65. The molecule has 0 fully saturated rings. The van der Waals surface area contributed by atoms with Crippen LogP contribution >= 0.6 is 0 Å². The van der Waals surface area contributed by atoms with Gasteiger partial charge in [0.15, 0.2) is 0 Å². The molecule has 0 spiro atoms. The monoisotopic (exact) mass is 175 g/mol. The third-order valence-electron chi connectivity index (χ3n) is 2.32. The van der Waals surface area contributed by atoms with Crippen molar-refractivity contribution in [2.45, 2.75) is 20.3 Å². The van der Waals surface area contributed by atoms with Crippen molar-refractivity contribution in [1.82, 2.24) is 9.97 Å². The van der Waals surface area contributed by atoms with E-state index in [0.717, 1.165) is 12.1 Å². The Bertz CT molecular complexity index is 366. The molecule has 2 N–H and O–H groups in total. The molecule has 0 unspecified atom stereocenters. The number of hydrogen-bond acceptors (Lipinski definition) is 3. The number of allylic oxidation sites excluding steroid dienone is 2. The molecule has 0 bridgehead atoms. The molecule has 0 aromatic carbocycles. The zero-order valence-corrected chi connectivity index (χ0v) is 7.91. The third kappa shape index (κ3) is 1.30. The molecule has 1 aromatic rings. The molecule has 0 saturated carbocycles. The van der Waals surface area contributed by atoms with Gasteiger partial charge >= 0.3 is 0 Å². The summed E-state index contributed by atoms with van der Waals surface area (Å²) < 4.78 is 0. The average molecular weight is 175 g/mol. The van der Waals surface area contributed by atoms with Crippen LogP contribution in [0.2, 0.25) is 0 Å². The van der Waals surface area contributed by atoms with Crippen molar-refractivity contribution < 1.29 is 0 Å². The van der Waals surface area contributed by atoms with Gasteiger partial charge in [-0.25, -0.2) is 9.97 Å². The quantitative estimate of drug-likeness (QED) is 0.706. The van der Waals surface area contributed by atoms with Gasteiger partial charge in [0.2, 0.25) is 5.95 Å². The van der Waals surface area contributed by atoms with E-state index in [-0.39, 0.29) is 0 Å². The van der Waals surface area contributed by atoms with Gasteiger partial charge in [0.1, 0.15) is 0 Å². The fourth-order valence-electron chi connectivity index (χ4n) is 1.65. The number of fused-ring (bicyclic) bond motifs is 1. The normalized spacial score (nSPS) is 14.5. The van der Waals surface area contributed by atoms with Crippen LogP contribution in [0.4, 0.5) is 5.95 Å². The van der Waals surface area contributed by atoms with Crippen molar-refractivity contribution >= 4 is 11.5 Å². The molecule has 13 heavy (non-hydrogen) atoms. The summed E-state index contributed by atoms with van der Waals surface area (Å²) in [6.45, 7) is 4.33. The Labute approximate surface area is 77.7 Å². The van der Waals surface area contributed by atoms with Crippen LogP contribution in [0.3, 0.4) is 0 Å². The van der Waals surface area contributed by atoms with E-state index in [2.05, 4.69) is 29.9 Å². The van der Waals surface area contributed by atoms with E-state index in [4.69, 9.17) is 5.73 Å². The lowest BCUT2D eigenvalue weighted by molar-refractivity contribution is 0.850. The largest absolute Gasteiger partial charge is 0.368 e. The van der Waals surface area contributed by atoms with E-state index >= 15 is 0 Å². The maximum atomic E-state index is 5.54. The molecule has 0 amide bonds. The highest BCUT2D eigenvalue weighted by Gasteiger charge is 2.18. The van der Waals surface area contributed by atoms with Crippen LogP contribution in [0.15, 0.2) is 12.3 Å². The van der Waals surface area contributed by atoms with E-state index in [1.165, 1.54) is 11.1 Å². The van der Waals surface area contributed by atoms with E-state index in [1.54, 1.807) is 0 Å². The summed E-state index contributed by atoms with van der Waals surface area (Å²) in [4.78, 5) is 8.23. The molecule has 68 valence electrons. The number of hydrogen-bond donors (Lipinski definition) is 1. The molecule has 0 atom stereocenters. The first-order valence-electron chi connectivity index (χ1n) is 4.50. The van der Waals surface area contributed by atoms with Crippen LogP contribution in [0, 0.1) is 5.92 Å². The molecule has 1 aliphatic rings. The fraction of sp³-hybridized carbons (Fsp3) is 0.400. The van der Waals surface area contributed by atoms with Crippen LogP contribution in [-0.4, -0.2) is 9.97 Å². The van der Waals surface area contributed by atoms with E-state index in [9.17, 15) is 0 Å². The van der Waals surface area contributed by atoms with Crippen LogP contribution in [0.5, 0.6) is 0 Å². The summed E-state index contributed by atoms with van der Waals surface area (Å²) in [5.74, 6) is 0.878. The van der Waals surface area contributed by atoms with Crippen LogP contribution in [0.25, 0.3) is 5.57 Å². The number of anilines is 1. The number of nitrogens with zero attached hydrogens (tertiary/aromatic N) is 2. The van der Waals surface area contributed by atoms with Crippen molar-refractivity contribution in [3.8, 4) is 0 Å². The minimum absolute atomic E-state index is 0.368. The van der Waals surface area contributed by atoms with Gasteiger partial charge in [0, 0.05) is 11.8 Å². The molecular weight excluding hydrogens is 162 g/mol. The minimum atomic E-state index is 0.368. The van der Waals surface area contributed by atoms with Gasteiger partial charge in [0.05, 0.1) is 5.69 Å². The molecule has 0 aliphatic heterocycles. The Kier molecular flexibility index (Phi) is 1.79. The lowest BCUT2D eigenvalue weighted by Crippen LogP contribution is -2.01. The van der Waals surface area contributed by atoms with Gasteiger partial charge in [-0.3, -0.25) is 0 Å². The Hall–Kier alpha value is -1.38. The molecule has 3 heteroatoms. The Morgan fingerprint density at radius 3 is 2.92 bits per heavy atom. The molecule has 2 rings (SSSR count). The Balaban J connectivity index is 2.48. The molecule has 1 aliphatic carbocycles. The van der Waals surface area contributed by atoms with Crippen molar-refractivity contribution in [2.24, 2.45) is 5.92 Å². The van der Waals surface area contributed by atoms with Crippen LogP contribution in [-0.2, 0) is 6.42 Å². The van der Waals surface area contributed by atoms with Gasteiger partial charge < -0.3 is 5.73 Å². The maximum Gasteiger partial charge on any atom is 0.220 e. The van der Waals surface area contributed by atoms with Gasteiger partial charge in [-0.1, -0.05) is 19.9 Å². The lowest BCUT2D eigenvalue weighted by atomic mass is 10.0. The van der Waals surface area contributed by atoms with Crippen molar-refractivity contribution in [3.63, 3.8) is 0 Å². The first-order chi connectivity index (χ1) is 6.18. The molecule has 1 aromatic heterocycles. The van der Waals surface area contributed by atoms with Crippen LogP contribution < -0.4 is 5.73 Å². The van der Waals surface area contributed by atoms with E-state index in [0.29, 0.717) is 11.9 Å². The number of nitrogens with two attached hydrogens (primary N) is 1. The lowest BCUT2D eigenvalue weighted by Gasteiger charge is -2.07. The summed E-state index contributed by atoms with van der Waals surface area (Å²) in [6, 6.07) is 0. The summed E-state index contributed by atoms with van der Waals surface area (Å²) in [7, 11) is 0. The first-order valence-corrected chi connectivity index (χ1v) is 4.50. The standard InChI is InChI=1S/C10H13N3/c1-6(2)8-4-3-7-5-12-10(11)13-9(7)8/h4-6H,3H2,1-2H3,(H2,11,12,13). The molecule has 1 heterocycles. The van der Waals surface area contributed by atoms with E-state index in [1.807, 2.05) is 6.20 Å². The SMILES string of the molecule is CC(C)C1=CCc2cnc(N)nc21. The van der Waals surface area contributed by atoms with Gasteiger partial charge in [-0.2, -0.15) is 0 Å². The van der Waals surface area contributed by atoms with Crippen molar-refractivity contribution in [1.29, 1.82) is 0 Å². The summed E-state index contributed by atoms with van der Waals surface area (Å²) in [5.41, 5.74) is 9.08. The third-order valence-corrected chi connectivity index (χ3v) is 2.32. The summed E-state index contributed by atoms with van der Waals surface area (Å²) >= 11 is 0. The van der Waals surface area contributed by atoms with Gasteiger partial charge in [-0.15, -0.1) is 0 Å². The second-order valence-corrected chi connectivity index (χ2v) is 3.62.